The minimum Gasteiger partial charge on any atom is -0.379 e. The summed E-state index contributed by atoms with van der Waals surface area (Å²) in [5.41, 5.74) is 0.601. The van der Waals surface area contributed by atoms with E-state index in [1.54, 1.807) is 12.1 Å². The van der Waals surface area contributed by atoms with Gasteiger partial charge in [0.2, 0.25) is 0 Å². The molecule has 28 heavy (non-hydrogen) atoms. The highest BCUT2D eigenvalue weighted by molar-refractivity contribution is 5.95. The predicted octanol–water partition coefficient (Wildman–Crippen LogP) is 4.09. The van der Waals surface area contributed by atoms with E-state index in [-0.39, 0.29) is 11.8 Å². The molecule has 1 aromatic carbocycles. The van der Waals surface area contributed by atoms with Gasteiger partial charge in [-0.1, -0.05) is 12.1 Å². The van der Waals surface area contributed by atoms with E-state index >= 15 is 0 Å². The Labute approximate surface area is 161 Å². The highest BCUT2D eigenvalue weighted by Crippen LogP contribution is 2.42. The Morgan fingerprint density at radius 1 is 1.36 bits per heavy atom. The molecule has 1 amide bonds. The summed E-state index contributed by atoms with van der Waals surface area (Å²) in [6, 6.07) is 4.97. The van der Waals surface area contributed by atoms with E-state index in [0.29, 0.717) is 36.7 Å². The molecule has 1 aliphatic carbocycles. The van der Waals surface area contributed by atoms with Crippen LogP contribution in [0, 0.1) is 0 Å². The normalized spacial score (nSPS) is 14.1. The van der Waals surface area contributed by atoms with E-state index in [2.05, 4.69) is 17.0 Å². The minimum atomic E-state index is -4.44. The van der Waals surface area contributed by atoms with Crippen molar-refractivity contribution in [3.8, 4) is 5.69 Å². The topological polar surface area (TPSA) is 56.1 Å². The minimum absolute atomic E-state index is 0.127. The number of ether oxygens (including phenoxy) is 1. The maximum Gasteiger partial charge on any atom is 0.416 e. The van der Waals surface area contributed by atoms with E-state index < -0.39 is 11.7 Å². The number of nitrogens with one attached hydrogen (secondary N) is 1. The van der Waals surface area contributed by atoms with Crippen LogP contribution in [0.15, 0.2) is 43.1 Å². The van der Waals surface area contributed by atoms with Gasteiger partial charge < -0.3 is 10.1 Å². The molecule has 1 N–H and O–H groups in total. The Bertz CT molecular complexity index is 841. The van der Waals surface area contributed by atoms with Crippen LogP contribution in [0.1, 0.15) is 46.8 Å². The van der Waals surface area contributed by atoms with E-state index in [1.165, 1.54) is 16.9 Å². The molecule has 2 aromatic rings. The molecule has 150 valence electrons. The summed E-state index contributed by atoms with van der Waals surface area (Å²) in [5, 5.41) is 6.98. The van der Waals surface area contributed by atoms with Gasteiger partial charge in [0, 0.05) is 12.5 Å². The largest absolute Gasteiger partial charge is 0.416 e. The van der Waals surface area contributed by atoms with Gasteiger partial charge in [-0.2, -0.15) is 18.3 Å². The van der Waals surface area contributed by atoms with E-state index in [1.807, 2.05) is 0 Å². The van der Waals surface area contributed by atoms with E-state index in [9.17, 15) is 18.0 Å². The number of nitrogens with zero attached hydrogens (tertiary/aromatic N) is 2. The number of alkyl halides is 3. The second kappa shape index (κ2) is 8.60. The third kappa shape index (κ3) is 4.81. The van der Waals surface area contributed by atoms with E-state index in [4.69, 9.17) is 4.74 Å². The molecule has 1 saturated carbocycles. The van der Waals surface area contributed by atoms with Gasteiger partial charge >= 0.3 is 6.18 Å². The predicted molar refractivity (Wildman–Crippen MR) is 98.5 cm³/mol. The molecule has 3 rings (SSSR count). The first kappa shape index (κ1) is 20.1. The van der Waals surface area contributed by atoms with Crippen LogP contribution in [0.25, 0.3) is 5.69 Å². The second-order valence-corrected chi connectivity index (χ2v) is 6.62. The SMILES string of the molecule is C=CCCOCCNC(=O)c1cnn(-c2cccc(C(F)(F)F)c2)c1C1CC1. The molecule has 1 fully saturated rings. The van der Waals surface area contributed by atoms with Crippen molar-refractivity contribution in [1.82, 2.24) is 15.1 Å². The van der Waals surface area contributed by atoms with Crippen molar-refractivity contribution in [1.29, 1.82) is 0 Å². The summed E-state index contributed by atoms with van der Waals surface area (Å²) in [5.74, 6) is -0.172. The maximum absolute atomic E-state index is 13.0. The zero-order valence-electron chi connectivity index (χ0n) is 15.3. The molecular formula is C20H22F3N3O2. The van der Waals surface area contributed by atoms with Crippen LogP contribution in [-0.2, 0) is 10.9 Å². The lowest BCUT2D eigenvalue weighted by Crippen LogP contribution is -2.28. The van der Waals surface area contributed by atoms with Crippen molar-refractivity contribution in [3.63, 3.8) is 0 Å². The smallest absolute Gasteiger partial charge is 0.379 e. The molecule has 0 unspecified atom stereocenters. The van der Waals surface area contributed by atoms with Crippen molar-refractivity contribution in [2.75, 3.05) is 19.8 Å². The number of aromatic nitrogens is 2. The molecule has 5 nitrogen and oxygen atoms in total. The molecule has 1 aromatic heterocycles. The molecule has 0 spiro atoms. The monoisotopic (exact) mass is 393 g/mol. The molecule has 1 aliphatic rings. The van der Waals surface area contributed by atoms with Gasteiger partial charge in [0.15, 0.2) is 0 Å². The van der Waals surface area contributed by atoms with Gasteiger partial charge in [-0.15, -0.1) is 6.58 Å². The van der Waals surface area contributed by atoms with Gasteiger partial charge in [-0.3, -0.25) is 4.79 Å². The first-order valence-electron chi connectivity index (χ1n) is 9.14. The van der Waals surface area contributed by atoms with Crippen LogP contribution in [-0.4, -0.2) is 35.4 Å². The van der Waals surface area contributed by atoms with Gasteiger partial charge in [0.1, 0.15) is 0 Å². The van der Waals surface area contributed by atoms with Crippen molar-refractivity contribution in [3.05, 3.63) is 59.9 Å². The van der Waals surface area contributed by atoms with Crippen molar-refractivity contribution in [2.45, 2.75) is 31.4 Å². The highest BCUT2D eigenvalue weighted by Gasteiger charge is 2.34. The number of carbonyl (C=O) groups is 1. The lowest BCUT2D eigenvalue weighted by atomic mass is 10.1. The van der Waals surface area contributed by atoms with Crippen molar-refractivity contribution < 1.29 is 22.7 Å². The summed E-state index contributed by atoms with van der Waals surface area (Å²) in [6.45, 7) is 4.86. The summed E-state index contributed by atoms with van der Waals surface area (Å²) >= 11 is 0. The van der Waals surface area contributed by atoms with Crippen molar-refractivity contribution >= 4 is 5.91 Å². The number of amides is 1. The highest BCUT2D eigenvalue weighted by atomic mass is 19.4. The quantitative estimate of drug-likeness (QED) is 0.516. The summed E-state index contributed by atoms with van der Waals surface area (Å²) < 4.78 is 45.9. The fourth-order valence-corrected chi connectivity index (χ4v) is 2.90. The van der Waals surface area contributed by atoms with Crippen LogP contribution in [0.4, 0.5) is 13.2 Å². The summed E-state index contributed by atoms with van der Waals surface area (Å²) in [6.07, 6.45) is 1.24. The Morgan fingerprint density at radius 2 is 2.14 bits per heavy atom. The first-order valence-corrected chi connectivity index (χ1v) is 9.14. The maximum atomic E-state index is 13.0. The second-order valence-electron chi connectivity index (χ2n) is 6.62. The number of hydrogen-bond acceptors (Lipinski definition) is 3. The molecule has 0 bridgehead atoms. The van der Waals surface area contributed by atoms with E-state index in [0.717, 1.165) is 31.4 Å². The number of benzene rings is 1. The van der Waals surface area contributed by atoms with Gasteiger partial charge in [-0.25, -0.2) is 4.68 Å². The van der Waals surface area contributed by atoms with Crippen LogP contribution in [0.3, 0.4) is 0 Å². The first-order chi connectivity index (χ1) is 13.4. The van der Waals surface area contributed by atoms with Crippen molar-refractivity contribution in [2.24, 2.45) is 0 Å². The Hall–Kier alpha value is -2.61. The average molecular weight is 393 g/mol. The third-order valence-corrected chi connectivity index (χ3v) is 4.43. The number of hydrogen-bond donors (Lipinski definition) is 1. The number of carbonyl (C=O) groups excluding carboxylic acids is 1. The van der Waals surface area contributed by atoms with Gasteiger partial charge in [0.25, 0.3) is 5.91 Å². The Morgan fingerprint density at radius 3 is 2.82 bits per heavy atom. The Kier molecular flexibility index (Phi) is 6.18. The molecule has 0 radical (unpaired) electrons. The molecular weight excluding hydrogens is 371 g/mol. The number of halogens is 3. The fourth-order valence-electron chi connectivity index (χ4n) is 2.90. The molecule has 0 aliphatic heterocycles. The zero-order chi connectivity index (χ0) is 20.1. The lowest BCUT2D eigenvalue weighted by Gasteiger charge is -2.12. The van der Waals surface area contributed by atoms with Crippen LogP contribution in [0.2, 0.25) is 0 Å². The third-order valence-electron chi connectivity index (χ3n) is 4.43. The van der Waals surface area contributed by atoms with Crippen LogP contribution in [0.5, 0.6) is 0 Å². The molecule has 0 saturated heterocycles. The molecule has 8 heteroatoms. The summed E-state index contributed by atoms with van der Waals surface area (Å²) in [7, 11) is 0. The zero-order valence-corrected chi connectivity index (χ0v) is 15.3. The standard InChI is InChI=1S/C20H22F3N3O2/c1-2-3-10-28-11-9-24-19(27)17-13-25-26(18(17)14-7-8-14)16-6-4-5-15(12-16)20(21,22)23/h2,4-6,12-14H,1,3,7-11H2,(H,24,27). The molecule has 1 heterocycles. The van der Waals surface area contributed by atoms with Crippen LogP contribution < -0.4 is 5.32 Å². The lowest BCUT2D eigenvalue weighted by molar-refractivity contribution is -0.137. The average Bonchev–Trinajstić information content (AvgIpc) is 3.41. The summed E-state index contributed by atoms with van der Waals surface area (Å²) in [4.78, 5) is 12.5. The number of rotatable bonds is 9. The fraction of sp³-hybridized carbons (Fsp3) is 0.400. The molecule has 0 atom stereocenters. The van der Waals surface area contributed by atoms with Gasteiger partial charge in [0.05, 0.1) is 41.9 Å². The van der Waals surface area contributed by atoms with Crippen LogP contribution >= 0.6 is 0 Å². The van der Waals surface area contributed by atoms with Gasteiger partial charge in [-0.05, 0) is 37.5 Å². The Balaban J connectivity index is 1.76.